The highest BCUT2D eigenvalue weighted by molar-refractivity contribution is 7.99. The molecular weight excluding hydrogens is 414 g/mol. The van der Waals surface area contributed by atoms with Crippen LogP contribution in [0.15, 0.2) is 70.6 Å². The number of para-hydroxylation sites is 1. The Morgan fingerprint density at radius 1 is 1.03 bits per heavy atom. The van der Waals surface area contributed by atoms with Crippen LogP contribution in [0.5, 0.6) is 0 Å². The molecule has 32 heavy (non-hydrogen) atoms. The maximum absolute atomic E-state index is 4.90. The van der Waals surface area contributed by atoms with Crippen molar-refractivity contribution in [2.24, 2.45) is 5.92 Å². The summed E-state index contributed by atoms with van der Waals surface area (Å²) in [6.07, 6.45) is 5.59. The lowest BCUT2D eigenvalue weighted by atomic mass is 9.94. The molecule has 0 radical (unpaired) electrons. The Bertz CT molecular complexity index is 1040. The zero-order valence-electron chi connectivity index (χ0n) is 18.6. The van der Waals surface area contributed by atoms with E-state index >= 15 is 0 Å². The van der Waals surface area contributed by atoms with Gasteiger partial charge < -0.3 is 15.5 Å². The second-order valence-electron chi connectivity index (χ2n) is 8.73. The highest BCUT2D eigenvalue weighted by atomic mass is 32.2. The third-order valence-corrected chi connectivity index (χ3v) is 7.49. The maximum atomic E-state index is 4.90. The van der Waals surface area contributed by atoms with Crippen LogP contribution in [0.3, 0.4) is 0 Å². The van der Waals surface area contributed by atoms with Crippen LogP contribution in [-0.2, 0) is 0 Å². The first-order chi connectivity index (χ1) is 15.8. The van der Waals surface area contributed by atoms with E-state index in [1.54, 1.807) is 11.8 Å². The van der Waals surface area contributed by atoms with Crippen molar-refractivity contribution >= 4 is 23.3 Å². The van der Waals surface area contributed by atoms with Crippen molar-refractivity contribution in [1.82, 2.24) is 15.3 Å². The molecule has 5 nitrogen and oxygen atoms in total. The van der Waals surface area contributed by atoms with Gasteiger partial charge in [-0.15, -0.1) is 0 Å². The Morgan fingerprint density at radius 2 is 1.81 bits per heavy atom. The molecule has 166 valence electrons. The molecule has 5 rings (SSSR count). The predicted octanol–water partition coefficient (Wildman–Crippen LogP) is 5.30. The van der Waals surface area contributed by atoms with Crippen LogP contribution in [0.1, 0.15) is 36.7 Å². The fourth-order valence-corrected chi connectivity index (χ4v) is 5.63. The Balaban J connectivity index is 1.37. The summed E-state index contributed by atoms with van der Waals surface area (Å²) in [7, 11) is 0. The van der Waals surface area contributed by atoms with Crippen LogP contribution in [-0.4, -0.2) is 36.1 Å². The lowest BCUT2D eigenvalue weighted by Gasteiger charge is -2.38. The molecule has 3 aromatic rings. The molecule has 3 heterocycles. The van der Waals surface area contributed by atoms with Crippen LogP contribution in [0.25, 0.3) is 0 Å². The van der Waals surface area contributed by atoms with Gasteiger partial charge in [-0.3, -0.25) is 0 Å². The normalized spacial score (nSPS) is 18.9. The summed E-state index contributed by atoms with van der Waals surface area (Å²) in [5, 5.41) is 7.31. The van der Waals surface area contributed by atoms with Crippen molar-refractivity contribution in [1.29, 1.82) is 0 Å². The number of benzene rings is 2. The third kappa shape index (κ3) is 4.92. The van der Waals surface area contributed by atoms with Crippen molar-refractivity contribution in [3.8, 4) is 0 Å². The molecule has 1 unspecified atom stereocenters. The molecule has 1 fully saturated rings. The highest BCUT2D eigenvalue weighted by Gasteiger charge is 2.29. The quantitative estimate of drug-likeness (QED) is 0.537. The summed E-state index contributed by atoms with van der Waals surface area (Å²) in [6, 6.07) is 19.4. The number of hydrogen-bond donors (Lipinski definition) is 2. The van der Waals surface area contributed by atoms with Gasteiger partial charge in [0.1, 0.15) is 11.6 Å². The van der Waals surface area contributed by atoms with Gasteiger partial charge in [0.15, 0.2) is 0 Å². The number of fused-ring (bicyclic) bond motifs is 1. The minimum absolute atomic E-state index is 0.215. The fraction of sp³-hybridized carbons (Fsp3) is 0.385. The maximum Gasteiger partial charge on any atom is 0.137 e. The van der Waals surface area contributed by atoms with E-state index in [0.29, 0.717) is 0 Å². The topological polar surface area (TPSA) is 53.1 Å². The van der Waals surface area contributed by atoms with Crippen LogP contribution in [0.4, 0.5) is 11.5 Å². The van der Waals surface area contributed by atoms with Gasteiger partial charge in [0.2, 0.25) is 0 Å². The summed E-state index contributed by atoms with van der Waals surface area (Å²) < 4.78 is 0. The van der Waals surface area contributed by atoms with Gasteiger partial charge in [-0.1, -0.05) is 42.1 Å². The highest BCUT2D eigenvalue weighted by Crippen LogP contribution is 2.39. The summed E-state index contributed by atoms with van der Waals surface area (Å²) in [5.74, 6) is 2.71. The molecular formula is C26H31N5S. The summed E-state index contributed by atoms with van der Waals surface area (Å²) >= 11 is 1.80. The fourth-order valence-electron chi connectivity index (χ4n) is 4.69. The molecule has 0 saturated carbocycles. The summed E-state index contributed by atoms with van der Waals surface area (Å²) in [4.78, 5) is 14.5. The minimum Gasteiger partial charge on any atom is -0.377 e. The first-order valence-electron chi connectivity index (χ1n) is 11.6. The van der Waals surface area contributed by atoms with E-state index in [1.807, 2.05) is 13.1 Å². The van der Waals surface area contributed by atoms with Crippen molar-refractivity contribution in [3.05, 3.63) is 72.2 Å². The molecule has 2 aliphatic rings. The molecule has 1 aromatic heterocycles. The van der Waals surface area contributed by atoms with Gasteiger partial charge in [-0.2, -0.15) is 0 Å². The number of anilines is 2. The smallest absolute Gasteiger partial charge is 0.137 e. The lowest BCUT2D eigenvalue weighted by molar-refractivity contribution is 0.368. The van der Waals surface area contributed by atoms with Gasteiger partial charge in [0.05, 0.1) is 6.04 Å². The second kappa shape index (κ2) is 9.92. The second-order valence-corrected chi connectivity index (χ2v) is 9.85. The minimum atomic E-state index is 0.215. The molecule has 2 aliphatic heterocycles. The molecule has 6 heteroatoms. The molecule has 2 N–H and O–H groups in total. The van der Waals surface area contributed by atoms with Gasteiger partial charge in [0, 0.05) is 40.3 Å². The molecule has 0 bridgehead atoms. The van der Waals surface area contributed by atoms with Gasteiger partial charge in [0.25, 0.3) is 0 Å². The van der Waals surface area contributed by atoms with E-state index in [2.05, 4.69) is 75.1 Å². The number of aromatic nitrogens is 2. The summed E-state index contributed by atoms with van der Waals surface area (Å²) in [6.45, 7) is 6.38. The zero-order chi connectivity index (χ0) is 21.8. The number of nitrogens with one attached hydrogen (secondary N) is 2. The van der Waals surface area contributed by atoms with E-state index in [4.69, 9.17) is 4.98 Å². The van der Waals surface area contributed by atoms with Crippen LogP contribution >= 0.6 is 11.8 Å². The Morgan fingerprint density at radius 3 is 2.66 bits per heavy atom. The number of piperidine rings is 1. The van der Waals surface area contributed by atoms with Gasteiger partial charge >= 0.3 is 0 Å². The van der Waals surface area contributed by atoms with Crippen molar-refractivity contribution in [3.63, 3.8) is 0 Å². The number of hydrogen-bond acceptors (Lipinski definition) is 6. The molecule has 1 saturated heterocycles. The average molecular weight is 446 g/mol. The average Bonchev–Trinajstić information content (AvgIpc) is 2.83. The number of aryl methyl sites for hydroxylation is 1. The van der Waals surface area contributed by atoms with Crippen molar-refractivity contribution < 1.29 is 0 Å². The van der Waals surface area contributed by atoms with Crippen LogP contribution < -0.4 is 15.5 Å². The Kier molecular flexibility index (Phi) is 6.60. The van der Waals surface area contributed by atoms with E-state index in [9.17, 15) is 0 Å². The standard InChI is InChI=1S/C26H31N5S/c1-19-28-17-22-23(13-16-31(26(22)29-19)18-20-11-14-27-15-12-20)30-24-9-5-6-10-25(24)32-21-7-3-2-4-8-21/h2-10,17,20,23,27,30H,11-16,18H2,1H3. The molecule has 2 aromatic carbocycles. The van der Waals surface area contributed by atoms with E-state index in [0.717, 1.165) is 50.2 Å². The first-order valence-corrected chi connectivity index (χ1v) is 12.5. The van der Waals surface area contributed by atoms with E-state index < -0.39 is 0 Å². The molecule has 0 spiro atoms. The Labute approximate surface area is 195 Å². The monoisotopic (exact) mass is 445 g/mol. The Hall–Kier alpha value is -2.57. The van der Waals surface area contributed by atoms with E-state index in [-0.39, 0.29) is 6.04 Å². The van der Waals surface area contributed by atoms with Crippen molar-refractivity contribution in [2.75, 3.05) is 36.4 Å². The van der Waals surface area contributed by atoms with Crippen LogP contribution in [0.2, 0.25) is 0 Å². The SMILES string of the molecule is Cc1ncc2c(n1)N(CC1CCNCC1)CCC2Nc1ccccc1Sc1ccccc1. The molecule has 0 aliphatic carbocycles. The molecule has 0 amide bonds. The lowest BCUT2D eigenvalue weighted by Crippen LogP contribution is -2.40. The van der Waals surface area contributed by atoms with Gasteiger partial charge in [-0.05, 0) is 69.5 Å². The van der Waals surface area contributed by atoms with Crippen LogP contribution in [0, 0.1) is 12.8 Å². The zero-order valence-corrected chi connectivity index (χ0v) is 19.4. The van der Waals surface area contributed by atoms with E-state index in [1.165, 1.54) is 33.9 Å². The predicted molar refractivity (Wildman–Crippen MR) is 133 cm³/mol. The first kappa shape index (κ1) is 21.3. The third-order valence-electron chi connectivity index (χ3n) is 6.40. The molecule has 1 atom stereocenters. The van der Waals surface area contributed by atoms with Gasteiger partial charge in [-0.25, -0.2) is 9.97 Å². The summed E-state index contributed by atoms with van der Waals surface area (Å²) in [5.41, 5.74) is 2.39. The number of nitrogens with zero attached hydrogens (tertiary/aromatic N) is 3. The largest absolute Gasteiger partial charge is 0.377 e. The van der Waals surface area contributed by atoms with Crippen molar-refractivity contribution in [2.45, 2.75) is 42.0 Å². The number of rotatable bonds is 6.